The summed E-state index contributed by atoms with van der Waals surface area (Å²) in [5, 5.41) is 22.3. The molecule has 0 saturated carbocycles. The summed E-state index contributed by atoms with van der Waals surface area (Å²) in [5.74, 6) is -0.722. The summed E-state index contributed by atoms with van der Waals surface area (Å²) < 4.78 is 36.7. The molecule has 2 aromatic heterocycles. The van der Waals surface area contributed by atoms with Crippen molar-refractivity contribution in [2.75, 3.05) is 5.32 Å². The van der Waals surface area contributed by atoms with Crippen LogP contribution in [-0.2, 0) is 6.54 Å². The standard InChI is InChI=1S/C25H26F2N4O2/c1-12-10-28-22-15(12)6-5-7-16(22)19-17(26)9-18-20(21(19)27)23(24(32)25(3,4)30-18)29-11-14-8-13(2)33-31-14/h5-10,23-24,28-30,32H,11H2,1-4H3/t23-,24+/m0/s1. The predicted molar refractivity (Wildman–Crippen MR) is 123 cm³/mol. The lowest BCUT2D eigenvalue weighted by molar-refractivity contribution is 0.0660. The lowest BCUT2D eigenvalue weighted by atomic mass is 9.81. The molecule has 0 saturated heterocycles. The van der Waals surface area contributed by atoms with Crippen molar-refractivity contribution in [2.24, 2.45) is 0 Å². The number of aliphatic hydroxyl groups is 1. The number of para-hydroxylation sites is 1. The fourth-order valence-corrected chi connectivity index (χ4v) is 4.72. The summed E-state index contributed by atoms with van der Waals surface area (Å²) in [7, 11) is 0. The molecule has 0 radical (unpaired) electrons. The van der Waals surface area contributed by atoms with E-state index in [9.17, 15) is 5.11 Å². The molecule has 0 bridgehead atoms. The van der Waals surface area contributed by atoms with Crippen molar-refractivity contribution in [1.29, 1.82) is 0 Å². The highest BCUT2D eigenvalue weighted by Gasteiger charge is 2.43. The number of aliphatic hydroxyl groups excluding tert-OH is 1. The van der Waals surface area contributed by atoms with Crippen LogP contribution in [-0.4, -0.2) is 26.9 Å². The van der Waals surface area contributed by atoms with Crippen LogP contribution < -0.4 is 10.6 Å². The number of H-pyrrole nitrogens is 1. The highest BCUT2D eigenvalue weighted by molar-refractivity contribution is 5.96. The maximum absolute atomic E-state index is 16.2. The Hall–Kier alpha value is -3.23. The van der Waals surface area contributed by atoms with Crippen molar-refractivity contribution in [3.05, 3.63) is 70.7 Å². The van der Waals surface area contributed by atoms with E-state index in [1.54, 1.807) is 39.0 Å². The van der Waals surface area contributed by atoms with Crippen molar-refractivity contribution >= 4 is 16.6 Å². The highest BCUT2D eigenvalue weighted by Crippen LogP contribution is 2.44. The summed E-state index contributed by atoms with van der Waals surface area (Å²) in [4.78, 5) is 3.14. The monoisotopic (exact) mass is 452 g/mol. The van der Waals surface area contributed by atoms with Crippen LogP contribution in [0.2, 0.25) is 0 Å². The maximum atomic E-state index is 16.2. The Morgan fingerprint density at radius 3 is 2.73 bits per heavy atom. The molecule has 0 aliphatic carbocycles. The Balaban J connectivity index is 1.66. The molecular weight excluding hydrogens is 426 g/mol. The second-order valence-electron chi connectivity index (χ2n) is 9.29. The van der Waals surface area contributed by atoms with Gasteiger partial charge in [-0.05, 0) is 39.3 Å². The first kappa shape index (κ1) is 21.6. The third kappa shape index (κ3) is 3.50. The van der Waals surface area contributed by atoms with Gasteiger partial charge in [0.25, 0.3) is 0 Å². The first-order valence-corrected chi connectivity index (χ1v) is 10.9. The predicted octanol–water partition coefficient (Wildman–Crippen LogP) is 5.11. The summed E-state index contributed by atoms with van der Waals surface area (Å²) in [6, 6.07) is 7.69. The minimum atomic E-state index is -0.991. The molecule has 2 aromatic carbocycles. The van der Waals surface area contributed by atoms with Crippen LogP contribution in [0.5, 0.6) is 0 Å². The number of anilines is 1. The van der Waals surface area contributed by atoms with E-state index in [0.29, 0.717) is 28.2 Å². The van der Waals surface area contributed by atoms with Gasteiger partial charge in [-0.2, -0.15) is 0 Å². The lowest BCUT2D eigenvalue weighted by Crippen LogP contribution is -2.54. The summed E-state index contributed by atoms with van der Waals surface area (Å²) in [6.07, 6.45) is 0.829. The molecular formula is C25H26F2N4O2. The van der Waals surface area contributed by atoms with Crippen LogP contribution in [0.4, 0.5) is 14.5 Å². The summed E-state index contributed by atoms with van der Waals surface area (Å²) in [5.41, 5.74) is 2.29. The molecule has 1 aliphatic heterocycles. The van der Waals surface area contributed by atoms with Crippen LogP contribution in [0.15, 0.2) is 41.1 Å². The first-order valence-electron chi connectivity index (χ1n) is 10.9. The van der Waals surface area contributed by atoms with Crippen LogP contribution in [0, 0.1) is 25.5 Å². The number of nitrogens with zero attached hydrogens (tertiary/aromatic N) is 1. The van der Waals surface area contributed by atoms with E-state index in [-0.39, 0.29) is 17.7 Å². The molecule has 4 N–H and O–H groups in total. The zero-order valence-corrected chi connectivity index (χ0v) is 18.9. The number of nitrogens with one attached hydrogen (secondary N) is 3. The van der Waals surface area contributed by atoms with Gasteiger partial charge in [0.1, 0.15) is 17.4 Å². The Labute approximate surface area is 190 Å². The molecule has 33 heavy (non-hydrogen) atoms. The van der Waals surface area contributed by atoms with Gasteiger partial charge in [0, 0.05) is 41.0 Å². The van der Waals surface area contributed by atoms with Gasteiger partial charge in [0.05, 0.1) is 34.5 Å². The molecule has 4 aromatic rings. The minimum absolute atomic E-state index is 0.126. The number of aryl methyl sites for hydroxylation is 2. The van der Waals surface area contributed by atoms with E-state index in [1.165, 1.54) is 6.07 Å². The number of benzene rings is 2. The fourth-order valence-electron chi connectivity index (χ4n) is 4.72. The lowest BCUT2D eigenvalue weighted by Gasteiger charge is -2.44. The number of halogens is 2. The Kier molecular flexibility index (Phi) is 5.02. The van der Waals surface area contributed by atoms with E-state index < -0.39 is 29.3 Å². The van der Waals surface area contributed by atoms with Crippen LogP contribution in [0.3, 0.4) is 0 Å². The second-order valence-corrected chi connectivity index (χ2v) is 9.29. The van der Waals surface area contributed by atoms with Gasteiger partial charge in [0.2, 0.25) is 0 Å². The number of hydrogen-bond acceptors (Lipinski definition) is 5. The summed E-state index contributed by atoms with van der Waals surface area (Å²) >= 11 is 0. The molecule has 172 valence electrons. The van der Waals surface area contributed by atoms with Gasteiger partial charge in [0.15, 0.2) is 0 Å². The van der Waals surface area contributed by atoms with Crippen LogP contribution in [0.1, 0.15) is 42.5 Å². The van der Waals surface area contributed by atoms with Crippen molar-refractivity contribution in [2.45, 2.75) is 51.9 Å². The SMILES string of the molecule is Cc1cc(CN[C@H]2c3c(cc(F)c(-c4cccc5c(C)c[nH]c45)c3F)NC(C)(C)[C@@H]2O)no1. The Morgan fingerprint density at radius 1 is 1.21 bits per heavy atom. The van der Waals surface area contributed by atoms with Crippen molar-refractivity contribution < 1.29 is 18.4 Å². The van der Waals surface area contributed by atoms with E-state index in [4.69, 9.17) is 4.52 Å². The molecule has 0 fully saturated rings. The van der Waals surface area contributed by atoms with E-state index in [0.717, 1.165) is 10.9 Å². The molecule has 0 unspecified atom stereocenters. The highest BCUT2D eigenvalue weighted by atomic mass is 19.1. The molecule has 8 heteroatoms. The molecule has 0 spiro atoms. The van der Waals surface area contributed by atoms with Gasteiger partial charge in [-0.1, -0.05) is 23.4 Å². The quantitative estimate of drug-likeness (QED) is 0.346. The van der Waals surface area contributed by atoms with Gasteiger partial charge in [-0.15, -0.1) is 0 Å². The third-order valence-electron chi connectivity index (χ3n) is 6.45. The van der Waals surface area contributed by atoms with E-state index in [1.807, 2.05) is 19.2 Å². The van der Waals surface area contributed by atoms with E-state index in [2.05, 4.69) is 20.8 Å². The molecule has 5 rings (SSSR count). The number of fused-ring (bicyclic) bond motifs is 2. The fraction of sp³-hybridized carbons (Fsp3) is 0.320. The number of rotatable bonds is 4. The average molecular weight is 453 g/mol. The second kappa shape index (κ2) is 7.67. The molecule has 6 nitrogen and oxygen atoms in total. The van der Waals surface area contributed by atoms with Gasteiger partial charge in [-0.3, -0.25) is 0 Å². The number of aromatic amines is 1. The zero-order valence-electron chi connectivity index (χ0n) is 18.9. The zero-order chi connectivity index (χ0) is 23.5. The topological polar surface area (TPSA) is 86.1 Å². The number of aromatic nitrogens is 2. The van der Waals surface area contributed by atoms with Crippen molar-refractivity contribution in [1.82, 2.24) is 15.5 Å². The Bertz CT molecular complexity index is 1360. The third-order valence-corrected chi connectivity index (χ3v) is 6.45. The van der Waals surface area contributed by atoms with Crippen LogP contribution >= 0.6 is 0 Å². The first-order chi connectivity index (χ1) is 15.7. The largest absolute Gasteiger partial charge is 0.389 e. The number of hydrogen-bond donors (Lipinski definition) is 4. The van der Waals surface area contributed by atoms with Crippen LogP contribution in [0.25, 0.3) is 22.0 Å². The van der Waals surface area contributed by atoms with Gasteiger partial charge < -0.3 is 25.2 Å². The minimum Gasteiger partial charge on any atom is -0.389 e. The van der Waals surface area contributed by atoms with Gasteiger partial charge >= 0.3 is 0 Å². The molecule has 0 amide bonds. The van der Waals surface area contributed by atoms with Crippen molar-refractivity contribution in [3.8, 4) is 11.1 Å². The molecule has 1 aliphatic rings. The smallest absolute Gasteiger partial charge is 0.140 e. The molecule has 2 atom stereocenters. The van der Waals surface area contributed by atoms with E-state index >= 15 is 8.78 Å². The van der Waals surface area contributed by atoms with Crippen molar-refractivity contribution in [3.63, 3.8) is 0 Å². The van der Waals surface area contributed by atoms with Gasteiger partial charge in [-0.25, -0.2) is 8.78 Å². The average Bonchev–Trinajstić information content (AvgIpc) is 3.34. The normalized spacial score (nSPS) is 19.5. The Morgan fingerprint density at radius 2 is 2.00 bits per heavy atom. The molecule has 3 heterocycles. The summed E-state index contributed by atoms with van der Waals surface area (Å²) in [6.45, 7) is 7.57. The maximum Gasteiger partial charge on any atom is 0.140 e.